The highest BCUT2D eigenvalue weighted by molar-refractivity contribution is 6.35. The topological polar surface area (TPSA) is 98.2 Å². The van der Waals surface area contributed by atoms with E-state index in [1.165, 1.54) is 6.21 Å². The molecular weight excluding hydrogens is 446 g/mol. The van der Waals surface area contributed by atoms with Gasteiger partial charge in [-0.25, -0.2) is 5.43 Å². The van der Waals surface area contributed by atoms with Gasteiger partial charge in [0.25, 0.3) is 0 Å². The molecule has 33 heavy (non-hydrogen) atoms. The molecule has 0 saturated carbocycles. The van der Waals surface area contributed by atoms with Gasteiger partial charge in [0.15, 0.2) is 11.5 Å². The molecule has 0 atom stereocenters. The van der Waals surface area contributed by atoms with Crippen LogP contribution in [0.2, 0.25) is 5.02 Å². The molecule has 9 heteroatoms. The van der Waals surface area contributed by atoms with Crippen molar-refractivity contribution in [1.29, 1.82) is 0 Å². The largest absolute Gasteiger partial charge is 0.488 e. The molecule has 1 aliphatic heterocycles. The molecule has 8 nitrogen and oxygen atoms in total. The molecule has 3 aromatic rings. The summed E-state index contributed by atoms with van der Waals surface area (Å²) in [6.45, 7) is 0.672. The number of amides is 2. The summed E-state index contributed by atoms with van der Waals surface area (Å²) < 4.78 is 16.4. The summed E-state index contributed by atoms with van der Waals surface area (Å²) in [4.78, 5) is 24.1. The third kappa shape index (κ3) is 6.02. The highest BCUT2D eigenvalue weighted by atomic mass is 35.5. The van der Waals surface area contributed by atoms with Crippen LogP contribution < -0.4 is 25.0 Å². The lowest BCUT2D eigenvalue weighted by Crippen LogP contribution is -2.37. The number of carbonyl (C=O) groups is 2. The second kappa shape index (κ2) is 10.5. The lowest BCUT2D eigenvalue weighted by molar-refractivity contribution is -0.139. The fourth-order valence-electron chi connectivity index (χ4n) is 2.99. The predicted octanol–water partition coefficient (Wildman–Crippen LogP) is 3.41. The van der Waals surface area contributed by atoms with Gasteiger partial charge in [-0.1, -0.05) is 41.9 Å². The summed E-state index contributed by atoms with van der Waals surface area (Å²) in [5, 5.41) is 7.06. The van der Waals surface area contributed by atoms with Gasteiger partial charge in [0, 0.05) is 17.1 Å². The first-order valence-corrected chi connectivity index (χ1v) is 10.4. The van der Waals surface area contributed by atoms with Crippen LogP contribution >= 0.6 is 11.6 Å². The summed E-state index contributed by atoms with van der Waals surface area (Å²) in [6, 6.07) is 19.8. The van der Waals surface area contributed by atoms with Crippen LogP contribution in [0.3, 0.4) is 0 Å². The molecule has 3 aromatic carbocycles. The van der Waals surface area contributed by atoms with Crippen molar-refractivity contribution in [2.45, 2.75) is 13.2 Å². The molecule has 2 amide bonds. The molecule has 168 valence electrons. The molecule has 0 radical (unpaired) electrons. The number of nitrogens with one attached hydrogen (secondary N) is 2. The second-order valence-corrected chi connectivity index (χ2v) is 7.46. The van der Waals surface area contributed by atoms with Gasteiger partial charge in [-0.15, -0.1) is 0 Å². The van der Waals surface area contributed by atoms with E-state index in [-0.39, 0.29) is 13.3 Å². The second-order valence-electron chi connectivity index (χ2n) is 7.02. The van der Waals surface area contributed by atoms with Crippen LogP contribution in [0.4, 0.5) is 0 Å². The van der Waals surface area contributed by atoms with Crippen LogP contribution in [-0.4, -0.2) is 24.8 Å². The van der Waals surface area contributed by atoms with Gasteiger partial charge in [0.2, 0.25) is 6.79 Å². The minimum absolute atomic E-state index is 0.161. The van der Waals surface area contributed by atoms with E-state index in [1.54, 1.807) is 42.5 Å². The summed E-state index contributed by atoms with van der Waals surface area (Å²) in [5.41, 5.74) is 4.60. The molecule has 0 bridgehead atoms. The van der Waals surface area contributed by atoms with E-state index in [2.05, 4.69) is 15.8 Å². The summed E-state index contributed by atoms with van der Waals surface area (Å²) in [6.07, 6.45) is 1.42. The number of benzene rings is 3. The Bertz CT molecular complexity index is 1180. The fourth-order valence-corrected chi connectivity index (χ4v) is 3.11. The SMILES string of the molecule is O=C(NCc1ccc2c(c1)OCO2)C(=O)N/N=C\c1ccccc1OCc1ccc(Cl)cc1. The molecule has 0 unspecified atom stereocenters. The van der Waals surface area contributed by atoms with Gasteiger partial charge >= 0.3 is 11.8 Å². The van der Waals surface area contributed by atoms with E-state index in [0.717, 1.165) is 11.1 Å². The average molecular weight is 466 g/mol. The molecule has 0 aromatic heterocycles. The van der Waals surface area contributed by atoms with Crippen molar-refractivity contribution in [2.75, 3.05) is 6.79 Å². The van der Waals surface area contributed by atoms with Crippen molar-refractivity contribution in [2.24, 2.45) is 5.10 Å². The zero-order chi connectivity index (χ0) is 23.0. The Labute approximate surface area is 195 Å². The van der Waals surface area contributed by atoms with Crippen LogP contribution in [0.25, 0.3) is 0 Å². The number of carbonyl (C=O) groups excluding carboxylic acids is 2. The molecule has 2 N–H and O–H groups in total. The van der Waals surface area contributed by atoms with Crippen LogP contribution in [0, 0.1) is 0 Å². The average Bonchev–Trinajstić information content (AvgIpc) is 3.31. The zero-order valence-corrected chi connectivity index (χ0v) is 18.2. The molecule has 0 fully saturated rings. The highest BCUT2D eigenvalue weighted by Gasteiger charge is 2.15. The quantitative estimate of drug-likeness (QED) is 0.316. The van der Waals surface area contributed by atoms with Crippen molar-refractivity contribution in [3.8, 4) is 17.2 Å². The maximum atomic E-state index is 12.1. The van der Waals surface area contributed by atoms with Crippen molar-refractivity contribution in [3.05, 3.63) is 88.4 Å². The number of hydrogen-bond donors (Lipinski definition) is 2. The van der Waals surface area contributed by atoms with Gasteiger partial charge < -0.3 is 19.5 Å². The number of fused-ring (bicyclic) bond motifs is 1. The standard InChI is InChI=1S/C24H20ClN3O5/c25-19-8-5-16(6-9-19)14-31-20-4-2-1-3-18(20)13-27-28-24(30)23(29)26-12-17-7-10-21-22(11-17)33-15-32-21/h1-11,13H,12,14-15H2,(H,26,29)(H,28,30)/b27-13-. The van der Waals surface area contributed by atoms with Crippen LogP contribution in [0.15, 0.2) is 71.8 Å². The zero-order valence-electron chi connectivity index (χ0n) is 17.4. The van der Waals surface area contributed by atoms with E-state index in [1.807, 2.05) is 24.3 Å². The minimum Gasteiger partial charge on any atom is -0.488 e. The van der Waals surface area contributed by atoms with Gasteiger partial charge in [-0.3, -0.25) is 9.59 Å². The molecular formula is C24H20ClN3O5. The first kappa shape index (κ1) is 22.2. The summed E-state index contributed by atoms with van der Waals surface area (Å²) in [5.74, 6) is 0.142. The van der Waals surface area contributed by atoms with Crippen LogP contribution in [-0.2, 0) is 22.7 Å². The van der Waals surface area contributed by atoms with Crippen molar-refractivity contribution < 1.29 is 23.8 Å². The molecule has 1 aliphatic rings. The summed E-state index contributed by atoms with van der Waals surface area (Å²) >= 11 is 5.90. The third-order valence-corrected chi connectivity index (χ3v) is 4.94. The lowest BCUT2D eigenvalue weighted by atomic mass is 10.2. The number of nitrogens with zero attached hydrogens (tertiary/aromatic N) is 1. The minimum atomic E-state index is -0.883. The summed E-state index contributed by atoms with van der Waals surface area (Å²) in [7, 11) is 0. The van der Waals surface area contributed by atoms with Crippen molar-refractivity contribution in [1.82, 2.24) is 10.7 Å². The van der Waals surface area contributed by atoms with Crippen LogP contribution in [0.1, 0.15) is 16.7 Å². The Balaban J connectivity index is 1.28. The number of hydrazone groups is 1. The molecule has 4 rings (SSSR count). The number of para-hydroxylation sites is 1. The Hall–Kier alpha value is -4.04. The molecule has 1 heterocycles. The number of hydrogen-bond acceptors (Lipinski definition) is 6. The highest BCUT2D eigenvalue weighted by Crippen LogP contribution is 2.32. The Morgan fingerprint density at radius 3 is 2.58 bits per heavy atom. The van der Waals surface area contributed by atoms with Crippen LogP contribution in [0.5, 0.6) is 17.2 Å². The molecule has 0 spiro atoms. The van der Waals surface area contributed by atoms with Crippen molar-refractivity contribution >= 4 is 29.6 Å². The number of ether oxygens (including phenoxy) is 3. The van der Waals surface area contributed by atoms with E-state index in [4.69, 9.17) is 25.8 Å². The smallest absolute Gasteiger partial charge is 0.329 e. The van der Waals surface area contributed by atoms with Gasteiger partial charge in [0.05, 0.1) is 6.21 Å². The first-order valence-electron chi connectivity index (χ1n) is 10.0. The normalized spacial score (nSPS) is 11.9. The Morgan fingerprint density at radius 2 is 1.73 bits per heavy atom. The van der Waals surface area contributed by atoms with E-state index in [0.29, 0.717) is 34.4 Å². The Kier molecular flexibility index (Phi) is 7.06. The van der Waals surface area contributed by atoms with E-state index >= 15 is 0 Å². The van der Waals surface area contributed by atoms with Crippen molar-refractivity contribution in [3.63, 3.8) is 0 Å². The number of rotatable bonds is 7. The predicted molar refractivity (Wildman–Crippen MR) is 122 cm³/mol. The lowest BCUT2D eigenvalue weighted by Gasteiger charge is -2.09. The van der Waals surface area contributed by atoms with E-state index < -0.39 is 11.8 Å². The molecule has 0 saturated heterocycles. The molecule has 0 aliphatic carbocycles. The maximum Gasteiger partial charge on any atom is 0.329 e. The van der Waals surface area contributed by atoms with Gasteiger partial charge in [-0.05, 0) is 47.5 Å². The van der Waals surface area contributed by atoms with E-state index in [9.17, 15) is 9.59 Å². The fraction of sp³-hybridized carbons (Fsp3) is 0.125. The first-order chi connectivity index (χ1) is 16.1. The van der Waals surface area contributed by atoms with Gasteiger partial charge in [0.1, 0.15) is 12.4 Å². The monoisotopic (exact) mass is 465 g/mol. The Morgan fingerprint density at radius 1 is 0.970 bits per heavy atom. The van der Waals surface area contributed by atoms with Gasteiger partial charge in [-0.2, -0.15) is 5.10 Å². The number of halogens is 1. The third-order valence-electron chi connectivity index (χ3n) is 4.69. The maximum absolute atomic E-state index is 12.1.